The molecule has 0 heterocycles. The normalized spacial score (nSPS) is 8.69. The number of Topliss-reactive ketones (excluding diaryl/α,β-unsaturated/α-hetero) is 1. The van der Waals surface area contributed by atoms with Crippen LogP contribution in [0.4, 0.5) is 0 Å². The molecule has 0 unspecified atom stereocenters. The predicted molar refractivity (Wildman–Crippen MR) is 53.4 cm³/mol. The molecule has 0 aliphatic heterocycles. The van der Waals surface area contributed by atoms with E-state index in [9.17, 15) is 4.79 Å². The average molecular weight is 233 g/mol. The quantitative estimate of drug-likeness (QED) is 0.453. The number of benzene rings is 1. The Morgan fingerprint density at radius 2 is 1.85 bits per heavy atom. The zero-order chi connectivity index (χ0) is 8.97. The number of ketones is 1. The number of carbonyl (C=O) groups excluding carboxylic acids is 1. The van der Waals surface area contributed by atoms with Gasteiger partial charge in [0.25, 0.3) is 0 Å². The van der Waals surface area contributed by atoms with Gasteiger partial charge in [0.05, 0.1) is 0 Å². The van der Waals surface area contributed by atoms with E-state index in [0.717, 1.165) is 10.4 Å². The van der Waals surface area contributed by atoms with Crippen molar-refractivity contribution in [2.24, 2.45) is 0 Å². The summed E-state index contributed by atoms with van der Waals surface area (Å²) >= 11 is 5.08. The molecule has 0 aliphatic carbocycles. The third kappa shape index (κ3) is 4.32. The molecule has 0 fully saturated rings. The molecule has 1 aromatic carbocycles. The minimum atomic E-state index is 0. The van der Waals surface area contributed by atoms with Crippen LogP contribution in [0.2, 0.25) is 0 Å². The smallest absolute Gasteiger partial charge is 0.300 e. The van der Waals surface area contributed by atoms with Gasteiger partial charge in [-0.25, -0.2) is 0 Å². The van der Waals surface area contributed by atoms with Crippen LogP contribution in [0.15, 0.2) is 30.3 Å². The second-order valence-electron chi connectivity index (χ2n) is 2.67. The van der Waals surface area contributed by atoms with Crippen molar-refractivity contribution in [3.8, 4) is 0 Å². The van der Waals surface area contributed by atoms with Crippen molar-refractivity contribution in [3.63, 3.8) is 0 Å². The Morgan fingerprint density at radius 3 is 2.31 bits per heavy atom. The zero-order valence-corrected chi connectivity index (χ0v) is 9.29. The van der Waals surface area contributed by atoms with E-state index in [-0.39, 0.29) is 22.9 Å². The zero-order valence-electron chi connectivity index (χ0n) is 7.29. The van der Waals surface area contributed by atoms with E-state index < -0.39 is 0 Å². The van der Waals surface area contributed by atoms with Crippen LogP contribution in [0.25, 0.3) is 0 Å². The van der Waals surface area contributed by atoms with E-state index >= 15 is 0 Å². The number of rotatable bonds is 3. The SMILES string of the molecule is CC(=O)CC(=S)c1ccccc1.[Mn+3]. The van der Waals surface area contributed by atoms with Gasteiger partial charge in [0.1, 0.15) is 5.78 Å². The van der Waals surface area contributed by atoms with Crippen LogP contribution in [-0.2, 0) is 21.9 Å². The summed E-state index contributed by atoms with van der Waals surface area (Å²) in [6.07, 6.45) is 0.374. The van der Waals surface area contributed by atoms with Crippen molar-refractivity contribution < 1.29 is 21.9 Å². The monoisotopic (exact) mass is 233 g/mol. The second-order valence-corrected chi connectivity index (χ2v) is 3.16. The molecule has 0 bridgehead atoms. The Kier molecular flexibility index (Phi) is 5.80. The predicted octanol–water partition coefficient (Wildman–Crippen LogP) is 2.38. The van der Waals surface area contributed by atoms with Gasteiger partial charge in [0.15, 0.2) is 0 Å². The molecular formula is C10H10MnOS+3. The van der Waals surface area contributed by atoms with Crippen molar-refractivity contribution >= 4 is 22.9 Å². The Morgan fingerprint density at radius 1 is 1.31 bits per heavy atom. The Hall–Kier alpha value is -0.501. The molecule has 0 aliphatic rings. The van der Waals surface area contributed by atoms with E-state index in [2.05, 4.69) is 0 Å². The van der Waals surface area contributed by atoms with Gasteiger partial charge < -0.3 is 0 Å². The molecule has 1 nitrogen and oxygen atoms in total. The molecule has 0 N–H and O–H groups in total. The Balaban J connectivity index is 0.00000144. The summed E-state index contributed by atoms with van der Waals surface area (Å²) in [5.41, 5.74) is 0.975. The Labute approximate surface area is 94.0 Å². The van der Waals surface area contributed by atoms with Gasteiger partial charge in [-0.2, -0.15) is 0 Å². The topological polar surface area (TPSA) is 17.1 Å². The van der Waals surface area contributed by atoms with Crippen LogP contribution < -0.4 is 0 Å². The summed E-state index contributed by atoms with van der Waals surface area (Å²) in [7, 11) is 0. The molecule has 0 atom stereocenters. The van der Waals surface area contributed by atoms with E-state index in [4.69, 9.17) is 12.2 Å². The fraction of sp³-hybridized carbons (Fsp3) is 0.200. The fourth-order valence-corrected chi connectivity index (χ4v) is 1.29. The summed E-state index contributed by atoms with van der Waals surface area (Å²) in [4.78, 5) is 11.5. The molecule has 1 aromatic rings. The maximum Gasteiger partial charge on any atom is 3.00 e. The van der Waals surface area contributed by atoms with Gasteiger partial charge >= 0.3 is 17.1 Å². The first-order chi connectivity index (χ1) is 5.70. The molecule has 0 radical (unpaired) electrons. The van der Waals surface area contributed by atoms with Crippen LogP contribution in [0, 0.1) is 0 Å². The van der Waals surface area contributed by atoms with E-state index in [1.54, 1.807) is 6.92 Å². The summed E-state index contributed by atoms with van der Waals surface area (Å²) < 4.78 is 0. The molecule has 0 saturated carbocycles. The number of carbonyl (C=O) groups is 1. The van der Waals surface area contributed by atoms with Gasteiger partial charge in [-0.3, -0.25) is 4.79 Å². The maximum absolute atomic E-state index is 10.7. The van der Waals surface area contributed by atoms with E-state index in [1.165, 1.54) is 0 Å². The Bertz CT molecular complexity index is 295. The molecule has 0 saturated heterocycles. The van der Waals surface area contributed by atoms with Crippen LogP contribution in [0.5, 0.6) is 0 Å². The minimum absolute atomic E-state index is 0. The van der Waals surface area contributed by atoms with Gasteiger partial charge in [-0.15, -0.1) is 0 Å². The van der Waals surface area contributed by atoms with Gasteiger partial charge in [-0.05, 0) is 12.5 Å². The minimum Gasteiger partial charge on any atom is -0.300 e. The van der Waals surface area contributed by atoms with Crippen LogP contribution >= 0.6 is 12.2 Å². The first-order valence-electron chi connectivity index (χ1n) is 3.78. The van der Waals surface area contributed by atoms with Crippen molar-refractivity contribution in [3.05, 3.63) is 35.9 Å². The summed E-state index contributed by atoms with van der Waals surface area (Å²) in [5.74, 6) is 0.115. The average Bonchev–Trinajstić information content (AvgIpc) is 2.05. The molecule has 0 aromatic heterocycles. The molecule has 66 valence electrons. The first kappa shape index (κ1) is 12.5. The fourth-order valence-electron chi connectivity index (χ4n) is 0.952. The molecule has 1 rings (SSSR count). The van der Waals surface area contributed by atoms with Crippen molar-refractivity contribution in [2.75, 3.05) is 0 Å². The summed E-state index contributed by atoms with van der Waals surface area (Å²) in [6, 6.07) is 9.61. The summed E-state index contributed by atoms with van der Waals surface area (Å²) in [6.45, 7) is 1.55. The van der Waals surface area contributed by atoms with Crippen molar-refractivity contribution in [1.29, 1.82) is 0 Å². The van der Waals surface area contributed by atoms with E-state index in [1.807, 2.05) is 30.3 Å². The number of hydrogen-bond acceptors (Lipinski definition) is 2. The second kappa shape index (κ2) is 6.03. The number of thiocarbonyl (C=S) groups is 1. The third-order valence-electron chi connectivity index (χ3n) is 1.51. The van der Waals surface area contributed by atoms with Crippen LogP contribution in [0.3, 0.4) is 0 Å². The van der Waals surface area contributed by atoms with Gasteiger partial charge in [0, 0.05) is 11.3 Å². The summed E-state index contributed by atoms with van der Waals surface area (Å²) in [5, 5.41) is 0. The molecule has 3 heteroatoms. The van der Waals surface area contributed by atoms with Crippen molar-refractivity contribution in [1.82, 2.24) is 0 Å². The van der Waals surface area contributed by atoms with Crippen LogP contribution in [0.1, 0.15) is 18.9 Å². The molecule has 0 spiro atoms. The first-order valence-corrected chi connectivity index (χ1v) is 4.18. The maximum atomic E-state index is 10.7. The van der Waals surface area contributed by atoms with Gasteiger partial charge in [-0.1, -0.05) is 42.5 Å². The van der Waals surface area contributed by atoms with Crippen LogP contribution in [-0.4, -0.2) is 10.6 Å². The van der Waals surface area contributed by atoms with E-state index in [0.29, 0.717) is 6.42 Å². The van der Waals surface area contributed by atoms with Crippen molar-refractivity contribution in [2.45, 2.75) is 13.3 Å². The molecule has 0 amide bonds. The standard InChI is InChI=1S/C10H10OS.Mn/c1-8(11)7-10(12)9-5-3-2-4-6-9;/h2-6H,7H2,1H3;/q;+3. The third-order valence-corrected chi connectivity index (χ3v) is 1.89. The largest absolute Gasteiger partial charge is 3.00 e. The molecular weight excluding hydrogens is 223 g/mol. The molecule has 13 heavy (non-hydrogen) atoms. The van der Waals surface area contributed by atoms with Gasteiger partial charge in [0.2, 0.25) is 0 Å². The number of hydrogen-bond donors (Lipinski definition) is 0.